The minimum Gasteiger partial charge on any atom is -0.444 e. The molecule has 142 valence electrons. The molecule has 0 spiro atoms. The lowest BCUT2D eigenvalue weighted by Crippen LogP contribution is -2.60. The Hall–Kier alpha value is -2.09. The zero-order valence-corrected chi connectivity index (χ0v) is 16.4. The molecule has 1 aromatic heterocycles. The van der Waals surface area contributed by atoms with E-state index in [1.165, 1.54) is 16.2 Å². The molecular formula is C18H25N3O4S. The Balaban J connectivity index is 1.65. The van der Waals surface area contributed by atoms with Gasteiger partial charge in [-0.25, -0.2) is 4.79 Å². The number of carbonyl (C=O) groups is 3. The molecule has 8 heteroatoms. The topological polar surface area (TPSA) is 79.0 Å². The molecule has 26 heavy (non-hydrogen) atoms. The zero-order valence-electron chi connectivity index (χ0n) is 15.6. The summed E-state index contributed by atoms with van der Waals surface area (Å²) in [5, 5.41) is 2.63. The molecule has 1 aromatic rings. The number of rotatable bonds is 2. The number of nitrogens with one attached hydrogen (secondary N) is 1. The third-order valence-electron chi connectivity index (χ3n) is 4.56. The fraction of sp³-hybridized carbons (Fsp3) is 0.611. The largest absolute Gasteiger partial charge is 0.444 e. The van der Waals surface area contributed by atoms with E-state index in [2.05, 4.69) is 5.32 Å². The van der Waals surface area contributed by atoms with Gasteiger partial charge in [-0.2, -0.15) is 0 Å². The van der Waals surface area contributed by atoms with Crippen LogP contribution in [0.4, 0.5) is 4.79 Å². The predicted molar refractivity (Wildman–Crippen MR) is 98.2 cm³/mol. The van der Waals surface area contributed by atoms with Gasteiger partial charge in [0.25, 0.3) is 5.91 Å². The molecule has 0 radical (unpaired) electrons. The maximum absolute atomic E-state index is 12.9. The minimum absolute atomic E-state index is 0.0412. The summed E-state index contributed by atoms with van der Waals surface area (Å²) >= 11 is 1.49. The van der Waals surface area contributed by atoms with Gasteiger partial charge in [-0.3, -0.25) is 14.5 Å². The highest BCUT2D eigenvalue weighted by atomic mass is 32.1. The Morgan fingerprint density at radius 2 is 2.00 bits per heavy atom. The van der Waals surface area contributed by atoms with Crippen molar-refractivity contribution in [2.45, 2.75) is 51.8 Å². The van der Waals surface area contributed by atoms with E-state index in [-0.39, 0.29) is 11.8 Å². The van der Waals surface area contributed by atoms with Crippen molar-refractivity contribution in [1.82, 2.24) is 15.1 Å². The minimum atomic E-state index is -0.576. The van der Waals surface area contributed by atoms with Crippen LogP contribution in [0.25, 0.3) is 0 Å². The molecule has 0 aliphatic carbocycles. The van der Waals surface area contributed by atoms with E-state index >= 15 is 0 Å². The van der Waals surface area contributed by atoms with Gasteiger partial charge in [0.05, 0.1) is 4.88 Å². The lowest BCUT2D eigenvalue weighted by Gasteiger charge is -2.43. The van der Waals surface area contributed by atoms with Gasteiger partial charge in [-0.1, -0.05) is 0 Å². The smallest absolute Gasteiger partial charge is 0.410 e. The van der Waals surface area contributed by atoms with Crippen molar-refractivity contribution >= 4 is 29.2 Å². The number of nitrogens with zero attached hydrogens (tertiary/aromatic N) is 2. The molecule has 3 amide bonds. The molecule has 2 aliphatic rings. The molecule has 0 aromatic carbocycles. The average molecular weight is 379 g/mol. The summed E-state index contributed by atoms with van der Waals surface area (Å²) in [7, 11) is 1.61. The first kappa shape index (κ1) is 18.7. The molecule has 3 heterocycles. The number of fused-ring (bicyclic) bond motifs is 1. The van der Waals surface area contributed by atoms with E-state index < -0.39 is 17.7 Å². The van der Waals surface area contributed by atoms with Gasteiger partial charge >= 0.3 is 6.09 Å². The Morgan fingerprint density at radius 3 is 2.58 bits per heavy atom. The van der Waals surface area contributed by atoms with Crippen LogP contribution in [0.3, 0.4) is 0 Å². The molecule has 7 nitrogen and oxygen atoms in total. The quantitative estimate of drug-likeness (QED) is 0.852. The van der Waals surface area contributed by atoms with Crippen LogP contribution in [0.2, 0.25) is 0 Å². The van der Waals surface area contributed by atoms with Crippen molar-refractivity contribution in [3.05, 3.63) is 21.4 Å². The van der Waals surface area contributed by atoms with Crippen molar-refractivity contribution in [3.63, 3.8) is 0 Å². The SMILES string of the molecule is CNC(=O)c1cc2c(s1)CCN(C(=O)C1CCN1C(=O)OC(C)(C)C)C2. The number of hydrogen-bond donors (Lipinski definition) is 1. The van der Waals surface area contributed by atoms with E-state index in [1.807, 2.05) is 26.8 Å². The van der Waals surface area contributed by atoms with Crippen molar-refractivity contribution in [3.8, 4) is 0 Å². The molecule has 1 unspecified atom stereocenters. The van der Waals surface area contributed by atoms with Gasteiger partial charge in [0.2, 0.25) is 5.91 Å². The van der Waals surface area contributed by atoms with E-state index in [4.69, 9.17) is 4.74 Å². The first-order valence-electron chi connectivity index (χ1n) is 8.81. The fourth-order valence-electron chi connectivity index (χ4n) is 3.15. The number of thiophene rings is 1. The zero-order chi connectivity index (χ0) is 19.1. The third-order valence-corrected chi connectivity index (χ3v) is 5.80. The number of hydrogen-bond acceptors (Lipinski definition) is 5. The van der Waals surface area contributed by atoms with Gasteiger partial charge in [0.1, 0.15) is 11.6 Å². The Kier molecular flexibility index (Phi) is 4.96. The van der Waals surface area contributed by atoms with Crippen LogP contribution in [0, 0.1) is 0 Å². The van der Waals surface area contributed by atoms with Crippen molar-refractivity contribution in [2.24, 2.45) is 0 Å². The second-order valence-corrected chi connectivity index (χ2v) is 8.76. The molecule has 1 fully saturated rings. The Morgan fingerprint density at radius 1 is 1.27 bits per heavy atom. The highest BCUT2D eigenvalue weighted by Gasteiger charge is 2.42. The van der Waals surface area contributed by atoms with Crippen LogP contribution in [0.1, 0.15) is 47.3 Å². The van der Waals surface area contributed by atoms with Crippen molar-refractivity contribution in [1.29, 1.82) is 0 Å². The summed E-state index contributed by atoms with van der Waals surface area (Å²) in [6.07, 6.45) is 0.966. The van der Waals surface area contributed by atoms with E-state index in [0.29, 0.717) is 30.9 Å². The first-order valence-corrected chi connectivity index (χ1v) is 9.63. The summed E-state index contributed by atoms with van der Waals surface area (Å²) in [6.45, 7) is 7.08. The van der Waals surface area contributed by atoms with E-state index in [1.54, 1.807) is 11.9 Å². The number of likely N-dealkylation sites (tertiary alicyclic amines) is 1. The maximum Gasteiger partial charge on any atom is 0.410 e. The summed E-state index contributed by atoms with van der Waals surface area (Å²) in [6, 6.07) is 1.42. The van der Waals surface area contributed by atoms with Gasteiger partial charge in [0.15, 0.2) is 0 Å². The molecule has 0 saturated carbocycles. The highest BCUT2D eigenvalue weighted by Crippen LogP contribution is 2.30. The van der Waals surface area contributed by atoms with E-state index in [9.17, 15) is 14.4 Å². The second kappa shape index (κ2) is 6.90. The summed E-state index contributed by atoms with van der Waals surface area (Å²) in [5.41, 5.74) is 0.448. The summed E-state index contributed by atoms with van der Waals surface area (Å²) < 4.78 is 5.38. The Labute approximate surface area is 157 Å². The van der Waals surface area contributed by atoms with Crippen LogP contribution in [0.5, 0.6) is 0 Å². The molecule has 2 aliphatic heterocycles. The van der Waals surface area contributed by atoms with Gasteiger partial charge in [-0.15, -0.1) is 11.3 Å². The standard InChI is InChI=1S/C18H25N3O4S/c1-18(2,3)25-17(24)21-8-5-12(21)16(23)20-7-6-13-11(10-20)9-14(26-13)15(22)19-4/h9,12H,5-8,10H2,1-4H3,(H,19,22). The van der Waals surface area contributed by atoms with Gasteiger partial charge in [-0.05, 0) is 45.2 Å². The molecule has 1 saturated heterocycles. The van der Waals surface area contributed by atoms with Crippen LogP contribution < -0.4 is 5.32 Å². The van der Waals surface area contributed by atoms with Crippen molar-refractivity contribution in [2.75, 3.05) is 20.1 Å². The maximum atomic E-state index is 12.9. The van der Waals surface area contributed by atoms with Crippen molar-refractivity contribution < 1.29 is 19.1 Å². The summed E-state index contributed by atoms with van der Waals surface area (Å²) in [5.74, 6) is -0.141. The Bertz CT molecular complexity index is 737. The summed E-state index contributed by atoms with van der Waals surface area (Å²) in [4.78, 5) is 42.0. The number of ether oxygens (including phenoxy) is 1. The fourth-order valence-corrected chi connectivity index (χ4v) is 4.26. The van der Waals surface area contributed by atoms with Crippen LogP contribution in [-0.2, 0) is 22.5 Å². The second-order valence-electron chi connectivity index (χ2n) is 7.63. The predicted octanol–water partition coefficient (Wildman–Crippen LogP) is 2.00. The highest BCUT2D eigenvalue weighted by molar-refractivity contribution is 7.14. The molecule has 3 rings (SSSR count). The first-order chi connectivity index (χ1) is 12.2. The van der Waals surface area contributed by atoms with Crippen LogP contribution >= 0.6 is 11.3 Å². The van der Waals surface area contributed by atoms with Crippen LogP contribution in [0.15, 0.2) is 6.07 Å². The third kappa shape index (κ3) is 3.70. The molecule has 1 atom stereocenters. The van der Waals surface area contributed by atoms with E-state index in [0.717, 1.165) is 16.9 Å². The molecule has 0 bridgehead atoms. The van der Waals surface area contributed by atoms with Gasteiger partial charge in [0, 0.05) is 31.6 Å². The van der Waals surface area contributed by atoms with Crippen LogP contribution in [-0.4, -0.2) is 59.5 Å². The monoisotopic (exact) mass is 379 g/mol. The number of amides is 3. The normalized spacial score (nSPS) is 19.5. The molecule has 1 N–H and O–H groups in total. The molecular weight excluding hydrogens is 354 g/mol. The number of carbonyl (C=O) groups excluding carboxylic acids is 3. The lowest BCUT2D eigenvalue weighted by molar-refractivity contribution is -0.142. The average Bonchev–Trinajstić information content (AvgIpc) is 2.94. The lowest BCUT2D eigenvalue weighted by atomic mass is 10.0. The van der Waals surface area contributed by atoms with Gasteiger partial charge < -0.3 is 15.0 Å².